The van der Waals surface area contributed by atoms with Crippen molar-refractivity contribution in [2.24, 2.45) is 107 Å². The van der Waals surface area contributed by atoms with Gasteiger partial charge in [-0.15, -0.1) is 0 Å². The average Bonchev–Trinajstić information content (AvgIpc) is 2.93. The van der Waals surface area contributed by atoms with Gasteiger partial charge in [0.1, 0.15) is 0 Å². The molecule has 0 aromatic heterocycles. The van der Waals surface area contributed by atoms with Crippen molar-refractivity contribution in [1.29, 1.82) is 0 Å². The third kappa shape index (κ3) is 7.99. The fraction of sp³-hybridized carbons (Fsp3) is 1.00. The van der Waals surface area contributed by atoms with E-state index in [0.717, 1.165) is 107 Å². The predicted octanol–water partition coefficient (Wildman–Crippen LogP) is 13.2. The van der Waals surface area contributed by atoms with Crippen molar-refractivity contribution in [2.75, 3.05) is 0 Å². The quantitative estimate of drug-likeness (QED) is 0.194. The van der Waals surface area contributed by atoms with E-state index < -0.39 is 0 Å². The van der Waals surface area contributed by atoms with Crippen molar-refractivity contribution >= 4 is 0 Å². The molecule has 0 spiro atoms. The van der Waals surface area contributed by atoms with E-state index in [2.05, 4.69) is 111 Å². The SMILES string of the molecule is CCC(CC[C@@H](C)C[C@@H](C)[C@H](C)[C@@H]1C(C)C(C)C(C)C(CC)C1C)C(C)C(C)C1C(C)C(C)C(CC)C(CC)C1C. The zero-order chi connectivity index (χ0) is 31.3. The molecule has 0 N–H and O–H groups in total. The molecule has 0 heteroatoms. The van der Waals surface area contributed by atoms with Crippen molar-refractivity contribution in [1.82, 2.24) is 0 Å². The maximum absolute atomic E-state index is 2.65. The van der Waals surface area contributed by atoms with Gasteiger partial charge in [-0.25, -0.2) is 0 Å². The lowest BCUT2D eigenvalue weighted by Gasteiger charge is -2.53. The minimum absolute atomic E-state index is 0.831. The van der Waals surface area contributed by atoms with Crippen LogP contribution in [-0.2, 0) is 0 Å². The first-order valence-electron chi connectivity index (χ1n) is 19.2. The second-order valence-electron chi connectivity index (χ2n) is 17.0. The van der Waals surface area contributed by atoms with Crippen LogP contribution in [0.2, 0.25) is 0 Å². The van der Waals surface area contributed by atoms with E-state index in [1.54, 1.807) is 0 Å². The van der Waals surface area contributed by atoms with Crippen molar-refractivity contribution < 1.29 is 0 Å². The summed E-state index contributed by atoms with van der Waals surface area (Å²) in [4.78, 5) is 0. The first-order valence-corrected chi connectivity index (χ1v) is 19.2. The molecule has 2 saturated carbocycles. The van der Waals surface area contributed by atoms with E-state index in [9.17, 15) is 0 Å². The summed E-state index contributed by atoms with van der Waals surface area (Å²) in [7, 11) is 0. The maximum Gasteiger partial charge on any atom is -0.0329 e. The lowest BCUT2D eigenvalue weighted by atomic mass is 9.52. The molecule has 0 nitrogen and oxygen atoms in total. The Morgan fingerprint density at radius 1 is 0.463 bits per heavy atom. The van der Waals surface area contributed by atoms with E-state index >= 15 is 0 Å². The molecule has 18 atom stereocenters. The molecule has 0 aromatic carbocycles. The van der Waals surface area contributed by atoms with Crippen LogP contribution in [0, 0.1) is 107 Å². The van der Waals surface area contributed by atoms with E-state index in [1.165, 1.54) is 44.9 Å². The molecular formula is C41H80. The number of rotatable bonds is 14. The van der Waals surface area contributed by atoms with Gasteiger partial charge in [0, 0.05) is 0 Å². The molecule has 2 aliphatic carbocycles. The van der Waals surface area contributed by atoms with Crippen LogP contribution in [0.3, 0.4) is 0 Å². The van der Waals surface area contributed by atoms with Gasteiger partial charge in [-0.1, -0.05) is 143 Å². The molecule has 244 valence electrons. The van der Waals surface area contributed by atoms with Gasteiger partial charge in [0.05, 0.1) is 0 Å². The third-order valence-corrected chi connectivity index (χ3v) is 15.6. The number of hydrogen-bond donors (Lipinski definition) is 0. The highest BCUT2D eigenvalue weighted by Crippen LogP contribution is 2.54. The summed E-state index contributed by atoms with van der Waals surface area (Å²) in [5.74, 6) is 15.6. The summed E-state index contributed by atoms with van der Waals surface area (Å²) >= 11 is 0. The highest BCUT2D eigenvalue weighted by molar-refractivity contribution is 4.96. The Morgan fingerprint density at radius 2 is 0.902 bits per heavy atom. The fourth-order valence-electron chi connectivity index (χ4n) is 12.2. The maximum atomic E-state index is 2.65. The predicted molar refractivity (Wildman–Crippen MR) is 186 cm³/mol. The van der Waals surface area contributed by atoms with E-state index in [0.29, 0.717) is 0 Å². The average molecular weight is 573 g/mol. The van der Waals surface area contributed by atoms with Crippen LogP contribution in [0.1, 0.15) is 156 Å². The van der Waals surface area contributed by atoms with Gasteiger partial charge in [-0.3, -0.25) is 0 Å². The van der Waals surface area contributed by atoms with Gasteiger partial charge in [0.15, 0.2) is 0 Å². The van der Waals surface area contributed by atoms with E-state index in [1.807, 2.05) is 0 Å². The smallest absolute Gasteiger partial charge is 0.0329 e. The highest BCUT2D eigenvalue weighted by Gasteiger charge is 2.47. The van der Waals surface area contributed by atoms with Crippen molar-refractivity contribution in [3.8, 4) is 0 Å². The number of hydrogen-bond acceptors (Lipinski definition) is 0. The van der Waals surface area contributed by atoms with Crippen LogP contribution in [0.15, 0.2) is 0 Å². The lowest BCUT2D eigenvalue weighted by Crippen LogP contribution is -2.47. The van der Waals surface area contributed by atoms with Gasteiger partial charge in [0.25, 0.3) is 0 Å². The Bertz CT molecular complexity index is 724. The molecule has 0 bridgehead atoms. The highest BCUT2D eigenvalue weighted by atomic mass is 14.5. The summed E-state index contributed by atoms with van der Waals surface area (Å²) in [6.07, 6.45) is 9.74. The monoisotopic (exact) mass is 573 g/mol. The summed E-state index contributed by atoms with van der Waals surface area (Å²) in [6, 6.07) is 0. The summed E-state index contributed by atoms with van der Waals surface area (Å²) in [5, 5.41) is 0. The largest absolute Gasteiger partial charge is 0.0651 e. The van der Waals surface area contributed by atoms with Crippen LogP contribution >= 0.6 is 0 Å². The minimum Gasteiger partial charge on any atom is -0.0651 e. The molecule has 0 amide bonds. The Balaban J connectivity index is 2.01. The molecule has 14 unspecified atom stereocenters. The normalized spacial score (nSPS) is 42.7. The van der Waals surface area contributed by atoms with Crippen molar-refractivity contribution in [3.63, 3.8) is 0 Å². The first-order chi connectivity index (χ1) is 19.2. The molecule has 2 rings (SSSR count). The zero-order valence-corrected chi connectivity index (χ0v) is 31.3. The van der Waals surface area contributed by atoms with Crippen LogP contribution in [0.25, 0.3) is 0 Å². The summed E-state index contributed by atoms with van der Waals surface area (Å²) < 4.78 is 0. The van der Waals surface area contributed by atoms with Crippen molar-refractivity contribution in [3.05, 3.63) is 0 Å². The van der Waals surface area contributed by atoms with Crippen LogP contribution in [0.5, 0.6) is 0 Å². The Hall–Kier alpha value is 0. The molecule has 0 aliphatic heterocycles. The van der Waals surface area contributed by atoms with Crippen LogP contribution in [-0.4, -0.2) is 0 Å². The van der Waals surface area contributed by atoms with Crippen molar-refractivity contribution in [2.45, 2.75) is 156 Å². The molecule has 0 aromatic rings. The van der Waals surface area contributed by atoms with Crippen LogP contribution < -0.4 is 0 Å². The second kappa shape index (κ2) is 16.4. The molecule has 41 heavy (non-hydrogen) atoms. The topological polar surface area (TPSA) is 0 Å². The van der Waals surface area contributed by atoms with Gasteiger partial charge in [-0.2, -0.15) is 0 Å². The van der Waals surface area contributed by atoms with Gasteiger partial charge >= 0.3 is 0 Å². The van der Waals surface area contributed by atoms with Gasteiger partial charge in [-0.05, 0) is 119 Å². The van der Waals surface area contributed by atoms with E-state index in [-0.39, 0.29) is 0 Å². The molecule has 0 saturated heterocycles. The molecule has 0 radical (unpaired) electrons. The fourth-order valence-corrected chi connectivity index (χ4v) is 12.2. The van der Waals surface area contributed by atoms with Gasteiger partial charge in [0.2, 0.25) is 0 Å². The summed E-state index contributed by atoms with van der Waals surface area (Å²) in [6.45, 7) is 41.1. The molecule has 0 heterocycles. The molecule has 2 aliphatic rings. The zero-order valence-electron chi connectivity index (χ0n) is 31.3. The van der Waals surface area contributed by atoms with E-state index in [4.69, 9.17) is 0 Å². The first kappa shape index (κ1) is 37.2. The standard InChI is InChI=1S/C41H80/c1-17-36(28(9)32(13)41-33(14)30(11)38(19-3)39(20-4)35(41)16)22-21-24(5)23-25(6)26(7)40-31(12)27(8)29(10)37(18-2)34(40)15/h24-41H,17-23H2,1-16H3/t24-,25-,26+,27?,28?,29?,30?,31?,32?,33?,34?,35?,36?,37?,38?,39?,40-,41?/m1/s1. The Morgan fingerprint density at radius 3 is 1.41 bits per heavy atom. The van der Waals surface area contributed by atoms with Crippen LogP contribution in [0.4, 0.5) is 0 Å². The second-order valence-corrected chi connectivity index (χ2v) is 17.0. The molecular weight excluding hydrogens is 492 g/mol. The molecule has 2 fully saturated rings. The Kier molecular flexibility index (Phi) is 14.8. The Labute approximate surface area is 261 Å². The summed E-state index contributed by atoms with van der Waals surface area (Å²) in [5.41, 5.74) is 0. The third-order valence-electron chi connectivity index (χ3n) is 15.6. The minimum atomic E-state index is 0.831. The lowest BCUT2D eigenvalue weighted by molar-refractivity contribution is -0.0437. The van der Waals surface area contributed by atoms with Gasteiger partial charge < -0.3 is 0 Å².